The minimum atomic E-state index is -0.723. The molecule has 0 aliphatic rings. The zero-order chi connectivity index (χ0) is 24.1. The lowest BCUT2D eigenvalue weighted by atomic mass is 10.1. The number of rotatable bonds is 12. The molecule has 0 radical (unpaired) electrons. The van der Waals surface area contributed by atoms with E-state index in [0.29, 0.717) is 12.8 Å². The van der Waals surface area contributed by atoms with Gasteiger partial charge in [-0.2, -0.15) is 10.5 Å². The van der Waals surface area contributed by atoms with Crippen LogP contribution in [0.5, 0.6) is 11.5 Å². The van der Waals surface area contributed by atoms with Gasteiger partial charge in [0.1, 0.15) is 35.3 Å². The highest BCUT2D eigenvalue weighted by Gasteiger charge is 2.09. The van der Waals surface area contributed by atoms with Crippen molar-refractivity contribution in [2.24, 2.45) is 0 Å². The fourth-order valence-corrected chi connectivity index (χ4v) is 3.09. The van der Waals surface area contributed by atoms with Crippen LogP contribution in [0, 0.1) is 34.3 Å². The molecule has 6 nitrogen and oxygen atoms in total. The summed E-state index contributed by atoms with van der Waals surface area (Å²) in [7, 11) is 0. The predicted molar refractivity (Wildman–Crippen MR) is 122 cm³/mol. The second-order valence-electron chi connectivity index (χ2n) is 7.43. The number of carbonyl (C=O) groups is 2. The monoisotopic (exact) mass is 470 g/mol. The maximum absolute atomic E-state index is 13.5. The maximum atomic E-state index is 13.5. The maximum Gasteiger partial charge on any atom is 0.311 e. The SMILES string of the molecule is C.N#Cc1ccc(OC(=O)CCCCCCCCCC(=O)Oc2ccc(C#N)c(F)c2)cc1F. The van der Waals surface area contributed by atoms with Crippen molar-refractivity contribution in [1.82, 2.24) is 0 Å². The summed E-state index contributed by atoms with van der Waals surface area (Å²) in [6.07, 6.45) is 6.31. The fraction of sp³-hybridized carbons (Fsp3) is 0.385. The molecule has 180 valence electrons. The molecule has 8 heteroatoms. The van der Waals surface area contributed by atoms with Gasteiger partial charge in [0.25, 0.3) is 0 Å². The van der Waals surface area contributed by atoms with Crippen molar-refractivity contribution >= 4 is 11.9 Å². The van der Waals surface area contributed by atoms with Crippen LogP contribution in [0.1, 0.15) is 76.3 Å². The van der Waals surface area contributed by atoms with Gasteiger partial charge in [-0.15, -0.1) is 0 Å². The van der Waals surface area contributed by atoms with Crippen LogP contribution in [-0.4, -0.2) is 11.9 Å². The van der Waals surface area contributed by atoms with Crippen molar-refractivity contribution in [1.29, 1.82) is 10.5 Å². The number of unbranched alkanes of at least 4 members (excludes halogenated alkanes) is 6. The largest absolute Gasteiger partial charge is 0.426 e. The van der Waals surface area contributed by atoms with Crippen molar-refractivity contribution in [2.75, 3.05) is 0 Å². The molecular formula is C26H28F2N2O4. The third-order valence-electron chi connectivity index (χ3n) is 4.85. The van der Waals surface area contributed by atoms with E-state index in [1.807, 2.05) is 0 Å². The molecule has 0 fully saturated rings. The Morgan fingerprint density at radius 3 is 1.35 bits per heavy atom. The standard InChI is InChI=1S/C25H24F2N2O4.CH4/c26-22-14-20(12-10-18(22)16-28)32-24(30)8-6-4-2-1-3-5-7-9-25(31)33-21-13-11-19(17-29)23(27)15-21;/h10-15H,1-9H2;1H4. The van der Waals surface area contributed by atoms with Crippen molar-refractivity contribution in [3.8, 4) is 23.6 Å². The van der Waals surface area contributed by atoms with Crippen molar-refractivity contribution < 1.29 is 27.8 Å². The summed E-state index contributed by atoms with van der Waals surface area (Å²) in [4.78, 5) is 23.6. The van der Waals surface area contributed by atoms with Crippen LogP contribution in [0.3, 0.4) is 0 Å². The number of carbonyl (C=O) groups excluding carboxylic acids is 2. The first-order chi connectivity index (χ1) is 15.9. The average Bonchev–Trinajstić information content (AvgIpc) is 2.78. The van der Waals surface area contributed by atoms with Crippen molar-refractivity contribution in [2.45, 2.75) is 65.2 Å². The molecule has 0 N–H and O–H groups in total. The molecule has 34 heavy (non-hydrogen) atoms. The van der Waals surface area contributed by atoms with E-state index < -0.39 is 23.6 Å². The van der Waals surface area contributed by atoms with Gasteiger partial charge in [-0.25, -0.2) is 8.78 Å². The van der Waals surface area contributed by atoms with Gasteiger partial charge in [-0.3, -0.25) is 9.59 Å². The topological polar surface area (TPSA) is 100 Å². The molecule has 0 saturated carbocycles. The van der Waals surface area contributed by atoms with E-state index >= 15 is 0 Å². The summed E-state index contributed by atoms with van der Waals surface area (Å²) >= 11 is 0. The summed E-state index contributed by atoms with van der Waals surface area (Å²) in [5.74, 6) is -2.17. The highest BCUT2D eigenvalue weighted by Crippen LogP contribution is 2.19. The summed E-state index contributed by atoms with van der Waals surface area (Å²) < 4.78 is 37.1. The number of benzene rings is 2. The summed E-state index contributed by atoms with van der Waals surface area (Å²) in [6, 6.07) is 10.8. The summed E-state index contributed by atoms with van der Waals surface area (Å²) in [5, 5.41) is 17.4. The van der Waals surface area contributed by atoms with Gasteiger partial charge >= 0.3 is 11.9 Å². The molecule has 0 bridgehead atoms. The van der Waals surface area contributed by atoms with E-state index in [1.54, 1.807) is 12.1 Å². The Morgan fingerprint density at radius 1 is 0.676 bits per heavy atom. The van der Waals surface area contributed by atoms with Gasteiger partial charge in [-0.05, 0) is 37.1 Å². The number of halogens is 2. The third kappa shape index (κ3) is 9.79. The lowest BCUT2D eigenvalue weighted by molar-refractivity contribution is -0.135. The van der Waals surface area contributed by atoms with Crippen LogP contribution in [-0.2, 0) is 9.59 Å². The zero-order valence-electron chi connectivity index (χ0n) is 18.1. The van der Waals surface area contributed by atoms with Crippen LogP contribution in [0.4, 0.5) is 8.78 Å². The van der Waals surface area contributed by atoms with Gasteiger partial charge in [0, 0.05) is 25.0 Å². The Labute approximate surface area is 198 Å². The van der Waals surface area contributed by atoms with E-state index in [9.17, 15) is 18.4 Å². The highest BCUT2D eigenvalue weighted by molar-refractivity contribution is 5.72. The zero-order valence-corrected chi connectivity index (χ0v) is 18.1. The summed E-state index contributed by atoms with van der Waals surface area (Å²) in [6.45, 7) is 0. The van der Waals surface area contributed by atoms with Crippen LogP contribution >= 0.6 is 0 Å². The van der Waals surface area contributed by atoms with Crippen LogP contribution < -0.4 is 9.47 Å². The predicted octanol–water partition coefficient (Wildman–Crippen LogP) is 6.37. The molecule has 0 aromatic heterocycles. The van der Waals surface area contributed by atoms with E-state index in [-0.39, 0.29) is 42.9 Å². The molecule has 2 rings (SSSR count). The molecule has 0 spiro atoms. The number of nitrogens with zero attached hydrogens (tertiary/aromatic N) is 2. The van der Waals surface area contributed by atoms with Crippen LogP contribution in [0.2, 0.25) is 0 Å². The van der Waals surface area contributed by atoms with Gasteiger partial charge < -0.3 is 9.47 Å². The first-order valence-corrected chi connectivity index (χ1v) is 10.7. The lowest BCUT2D eigenvalue weighted by Crippen LogP contribution is -2.08. The number of hydrogen-bond donors (Lipinski definition) is 0. The Kier molecular flexibility index (Phi) is 12.6. The fourth-order valence-electron chi connectivity index (χ4n) is 3.09. The number of hydrogen-bond acceptors (Lipinski definition) is 6. The molecule has 2 aromatic carbocycles. The average molecular weight is 471 g/mol. The quantitative estimate of drug-likeness (QED) is 0.203. The highest BCUT2D eigenvalue weighted by atomic mass is 19.1. The molecule has 0 atom stereocenters. The smallest absolute Gasteiger partial charge is 0.311 e. The Hall–Kier alpha value is -3.78. The van der Waals surface area contributed by atoms with Gasteiger partial charge in [0.05, 0.1) is 11.1 Å². The molecule has 2 aromatic rings. The molecule has 0 unspecified atom stereocenters. The van der Waals surface area contributed by atoms with Crippen LogP contribution in [0.25, 0.3) is 0 Å². The van der Waals surface area contributed by atoms with Gasteiger partial charge in [-0.1, -0.05) is 39.5 Å². The number of nitriles is 2. The molecule has 0 saturated heterocycles. The third-order valence-corrected chi connectivity index (χ3v) is 4.85. The minimum absolute atomic E-state index is 0. The molecule has 0 aliphatic carbocycles. The molecular weight excluding hydrogens is 442 g/mol. The molecule has 0 aliphatic heterocycles. The molecule has 0 heterocycles. The van der Waals surface area contributed by atoms with E-state index in [0.717, 1.165) is 44.2 Å². The minimum Gasteiger partial charge on any atom is -0.426 e. The Morgan fingerprint density at radius 2 is 1.03 bits per heavy atom. The van der Waals surface area contributed by atoms with E-state index in [4.69, 9.17) is 20.0 Å². The number of esters is 2. The first kappa shape index (κ1) is 28.3. The Bertz CT molecular complexity index is 974. The summed E-state index contributed by atoms with van der Waals surface area (Å²) in [5.41, 5.74) is -0.207. The van der Waals surface area contributed by atoms with Gasteiger partial charge in [0.15, 0.2) is 0 Å². The molecule has 0 amide bonds. The lowest BCUT2D eigenvalue weighted by Gasteiger charge is -2.06. The first-order valence-electron chi connectivity index (χ1n) is 10.7. The number of ether oxygens (including phenoxy) is 2. The van der Waals surface area contributed by atoms with E-state index in [1.165, 1.54) is 24.3 Å². The Balaban J connectivity index is 0.00000578. The second-order valence-corrected chi connectivity index (χ2v) is 7.43. The van der Waals surface area contributed by atoms with E-state index in [2.05, 4.69) is 0 Å². The van der Waals surface area contributed by atoms with Crippen molar-refractivity contribution in [3.05, 3.63) is 59.2 Å². The van der Waals surface area contributed by atoms with Gasteiger partial charge in [0.2, 0.25) is 0 Å². The normalized spacial score (nSPS) is 9.88. The van der Waals surface area contributed by atoms with Crippen LogP contribution in [0.15, 0.2) is 36.4 Å². The van der Waals surface area contributed by atoms with Crippen molar-refractivity contribution in [3.63, 3.8) is 0 Å². The second kappa shape index (κ2) is 15.1.